The number of ether oxygens (including phenoxy) is 1. The average molecular weight is 218 g/mol. The molecule has 0 amide bonds. The van der Waals surface area contributed by atoms with Crippen molar-refractivity contribution >= 4 is 0 Å². The van der Waals surface area contributed by atoms with E-state index in [0.29, 0.717) is 12.5 Å². The molecule has 0 aliphatic heterocycles. The third kappa shape index (κ3) is 8.85. The summed E-state index contributed by atoms with van der Waals surface area (Å²) in [6.07, 6.45) is 6.19. The predicted molar refractivity (Wildman–Crippen MR) is 61.6 cm³/mol. The summed E-state index contributed by atoms with van der Waals surface area (Å²) in [5.41, 5.74) is 0. The van der Waals surface area contributed by atoms with Crippen LogP contribution in [0.4, 0.5) is 0 Å². The highest BCUT2D eigenvalue weighted by atomic mass is 16.6. The van der Waals surface area contributed by atoms with Crippen LogP contribution in [0.15, 0.2) is 0 Å². The normalized spacial score (nSPS) is 15.2. The van der Waals surface area contributed by atoms with Crippen molar-refractivity contribution in [2.24, 2.45) is 5.92 Å². The van der Waals surface area contributed by atoms with Gasteiger partial charge in [0.05, 0.1) is 13.2 Å². The van der Waals surface area contributed by atoms with Crippen LogP contribution in [0.1, 0.15) is 52.4 Å². The van der Waals surface area contributed by atoms with Gasteiger partial charge in [-0.1, -0.05) is 39.5 Å². The highest BCUT2D eigenvalue weighted by Gasteiger charge is 2.10. The fourth-order valence-corrected chi connectivity index (χ4v) is 1.70. The van der Waals surface area contributed by atoms with Crippen molar-refractivity contribution in [3.05, 3.63) is 0 Å². The SMILES string of the molecule is CCCCCC(CCC)COC(O)CO. The van der Waals surface area contributed by atoms with Gasteiger partial charge < -0.3 is 14.9 Å². The van der Waals surface area contributed by atoms with Crippen LogP contribution >= 0.6 is 0 Å². The Hall–Kier alpha value is -0.120. The number of hydrogen-bond acceptors (Lipinski definition) is 3. The molecule has 0 bridgehead atoms. The molecule has 0 aliphatic carbocycles. The van der Waals surface area contributed by atoms with Gasteiger partial charge in [0.15, 0.2) is 6.29 Å². The zero-order valence-corrected chi connectivity index (χ0v) is 10.1. The molecule has 0 aromatic heterocycles. The predicted octanol–water partition coefficient (Wildman–Crippen LogP) is 2.31. The maximum absolute atomic E-state index is 9.07. The highest BCUT2D eigenvalue weighted by Crippen LogP contribution is 2.16. The fraction of sp³-hybridized carbons (Fsp3) is 1.00. The first-order valence-corrected chi connectivity index (χ1v) is 6.15. The van der Waals surface area contributed by atoms with E-state index >= 15 is 0 Å². The van der Waals surface area contributed by atoms with E-state index in [1.165, 1.54) is 25.7 Å². The van der Waals surface area contributed by atoms with Crippen molar-refractivity contribution in [2.45, 2.75) is 58.7 Å². The van der Waals surface area contributed by atoms with E-state index in [4.69, 9.17) is 14.9 Å². The van der Waals surface area contributed by atoms with Crippen LogP contribution in [0, 0.1) is 5.92 Å². The van der Waals surface area contributed by atoms with Crippen molar-refractivity contribution in [3.63, 3.8) is 0 Å². The lowest BCUT2D eigenvalue weighted by atomic mass is 9.97. The summed E-state index contributed by atoms with van der Waals surface area (Å²) in [5, 5.41) is 17.7. The Morgan fingerprint density at radius 3 is 2.33 bits per heavy atom. The first-order valence-electron chi connectivity index (χ1n) is 6.15. The topological polar surface area (TPSA) is 49.7 Å². The standard InChI is InChI=1S/C12H26O3/c1-3-5-6-8-11(7-4-2)10-15-12(14)9-13/h11-14H,3-10H2,1-2H3. The van der Waals surface area contributed by atoms with Crippen LogP contribution in [-0.2, 0) is 4.74 Å². The van der Waals surface area contributed by atoms with Crippen molar-refractivity contribution < 1.29 is 14.9 Å². The minimum Gasteiger partial charge on any atom is -0.391 e. The van der Waals surface area contributed by atoms with Crippen LogP contribution < -0.4 is 0 Å². The molecule has 2 unspecified atom stereocenters. The molecule has 15 heavy (non-hydrogen) atoms. The molecule has 2 atom stereocenters. The first kappa shape index (κ1) is 14.9. The van der Waals surface area contributed by atoms with Crippen molar-refractivity contribution in [3.8, 4) is 0 Å². The molecule has 3 heteroatoms. The number of unbranched alkanes of at least 4 members (excludes halogenated alkanes) is 2. The van der Waals surface area contributed by atoms with E-state index in [9.17, 15) is 0 Å². The minimum absolute atomic E-state index is 0.312. The second kappa shape index (κ2) is 10.4. The molecule has 0 aliphatic rings. The summed E-state index contributed by atoms with van der Waals surface area (Å²) in [5.74, 6) is 0.530. The summed E-state index contributed by atoms with van der Waals surface area (Å²) in [6, 6.07) is 0. The number of hydrogen-bond donors (Lipinski definition) is 2. The first-order chi connectivity index (χ1) is 7.24. The van der Waals surface area contributed by atoms with Gasteiger partial charge in [-0.15, -0.1) is 0 Å². The fourth-order valence-electron chi connectivity index (χ4n) is 1.70. The molecule has 92 valence electrons. The second-order valence-corrected chi connectivity index (χ2v) is 4.12. The van der Waals surface area contributed by atoms with E-state index in [2.05, 4.69) is 13.8 Å². The molecule has 0 heterocycles. The lowest BCUT2D eigenvalue weighted by Gasteiger charge is -2.18. The molecule has 0 fully saturated rings. The summed E-state index contributed by atoms with van der Waals surface area (Å²) in [6.45, 7) is 4.61. The Morgan fingerprint density at radius 2 is 1.80 bits per heavy atom. The molecule has 0 aromatic carbocycles. The number of rotatable bonds is 10. The van der Waals surface area contributed by atoms with Gasteiger partial charge in [-0.2, -0.15) is 0 Å². The quantitative estimate of drug-likeness (QED) is 0.437. The molecule has 0 spiro atoms. The smallest absolute Gasteiger partial charge is 0.177 e. The van der Waals surface area contributed by atoms with Gasteiger partial charge in [-0.3, -0.25) is 0 Å². The van der Waals surface area contributed by atoms with Gasteiger partial charge in [0, 0.05) is 0 Å². The van der Waals surface area contributed by atoms with Crippen LogP contribution in [0.2, 0.25) is 0 Å². The maximum atomic E-state index is 9.07. The van der Waals surface area contributed by atoms with Crippen molar-refractivity contribution in [1.82, 2.24) is 0 Å². The summed E-state index contributed by atoms with van der Waals surface area (Å²) >= 11 is 0. The lowest BCUT2D eigenvalue weighted by Crippen LogP contribution is -2.21. The Kier molecular flexibility index (Phi) is 10.3. The maximum Gasteiger partial charge on any atom is 0.177 e. The third-order valence-electron chi connectivity index (χ3n) is 2.59. The molecule has 0 aromatic rings. The summed E-state index contributed by atoms with van der Waals surface area (Å²) < 4.78 is 5.14. The molecule has 0 rings (SSSR count). The second-order valence-electron chi connectivity index (χ2n) is 4.12. The van der Waals surface area contributed by atoms with Gasteiger partial charge in [-0.25, -0.2) is 0 Å². The van der Waals surface area contributed by atoms with Gasteiger partial charge in [0.1, 0.15) is 0 Å². The van der Waals surface area contributed by atoms with E-state index < -0.39 is 6.29 Å². The zero-order valence-electron chi connectivity index (χ0n) is 10.1. The van der Waals surface area contributed by atoms with Crippen molar-refractivity contribution in [1.29, 1.82) is 0 Å². The highest BCUT2D eigenvalue weighted by molar-refractivity contribution is 4.58. The third-order valence-corrected chi connectivity index (χ3v) is 2.59. The number of aliphatic hydroxyl groups excluding tert-OH is 2. The van der Waals surface area contributed by atoms with E-state index in [0.717, 1.165) is 12.8 Å². The molecule has 0 saturated carbocycles. The average Bonchev–Trinajstić information content (AvgIpc) is 2.25. The Balaban J connectivity index is 3.62. The molecular formula is C12H26O3. The summed E-state index contributed by atoms with van der Waals surface area (Å²) in [4.78, 5) is 0. The van der Waals surface area contributed by atoms with E-state index in [1.54, 1.807) is 0 Å². The monoisotopic (exact) mass is 218 g/mol. The van der Waals surface area contributed by atoms with Crippen LogP contribution in [0.25, 0.3) is 0 Å². The molecule has 2 N–H and O–H groups in total. The Labute approximate surface area is 93.5 Å². The van der Waals surface area contributed by atoms with E-state index in [-0.39, 0.29) is 6.61 Å². The number of aliphatic hydroxyl groups is 2. The van der Waals surface area contributed by atoms with Crippen molar-refractivity contribution in [2.75, 3.05) is 13.2 Å². The molecule has 3 nitrogen and oxygen atoms in total. The lowest BCUT2D eigenvalue weighted by molar-refractivity contribution is -0.134. The van der Waals surface area contributed by atoms with Gasteiger partial charge in [0.2, 0.25) is 0 Å². The zero-order chi connectivity index (χ0) is 11.5. The van der Waals surface area contributed by atoms with Gasteiger partial charge in [-0.05, 0) is 18.8 Å². The van der Waals surface area contributed by atoms with Gasteiger partial charge >= 0.3 is 0 Å². The van der Waals surface area contributed by atoms with Crippen LogP contribution in [-0.4, -0.2) is 29.7 Å². The van der Waals surface area contributed by atoms with Crippen LogP contribution in [0.3, 0.4) is 0 Å². The largest absolute Gasteiger partial charge is 0.391 e. The van der Waals surface area contributed by atoms with Gasteiger partial charge in [0.25, 0.3) is 0 Å². The van der Waals surface area contributed by atoms with Crippen LogP contribution in [0.5, 0.6) is 0 Å². The Morgan fingerprint density at radius 1 is 1.07 bits per heavy atom. The Bertz CT molecular complexity index is 128. The molecule has 0 saturated heterocycles. The van der Waals surface area contributed by atoms with E-state index in [1.807, 2.05) is 0 Å². The molecular weight excluding hydrogens is 192 g/mol. The minimum atomic E-state index is -1.00. The summed E-state index contributed by atoms with van der Waals surface area (Å²) in [7, 11) is 0. The molecule has 0 radical (unpaired) electrons.